The Kier molecular flexibility index (Phi) is 7.35. The fraction of sp³-hybridized carbons (Fsp3) is 0.833. The number of carbonyl (C=O) groups excluding carboxylic acids is 2. The Morgan fingerprint density at radius 1 is 1.07 bits per heavy atom. The van der Waals surface area contributed by atoms with Crippen molar-refractivity contribution in [1.82, 2.24) is 0 Å². The summed E-state index contributed by atoms with van der Waals surface area (Å²) >= 11 is 0. The molecule has 1 unspecified atom stereocenters. The van der Waals surface area contributed by atoms with Gasteiger partial charge in [-0.1, -0.05) is 33.1 Å². The van der Waals surface area contributed by atoms with Crippen molar-refractivity contribution in [2.75, 3.05) is 0 Å². The topological polar surface area (TPSA) is 34.1 Å². The van der Waals surface area contributed by atoms with Crippen molar-refractivity contribution in [3.63, 3.8) is 0 Å². The number of hydrogen-bond acceptors (Lipinski definition) is 2. The van der Waals surface area contributed by atoms with Crippen LogP contribution in [-0.4, -0.2) is 11.6 Å². The molecule has 0 aromatic heterocycles. The standard InChI is InChI=1S/C12H22O2/c1-4-6-7-9-12(14)11(8-5-2)10(3)13/h11H,4-9H2,1-3H3. The van der Waals surface area contributed by atoms with Gasteiger partial charge in [-0.05, 0) is 19.8 Å². The Morgan fingerprint density at radius 3 is 2.14 bits per heavy atom. The average molecular weight is 198 g/mol. The van der Waals surface area contributed by atoms with Crippen molar-refractivity contribution in [2.24, 2.45) is 5.92 Å². The van der Waals surface area contributed by atoms with Crippen molar-refractivity contribution < 1.29 is 9.59 Å². The number of rotatable bonds is 8. The second-order valence-corrected chi connectivity index (χ2v) is 3.88. The van der Waals surface area contributed by atoms with Gasteiger partial charge in [-0.25, -0.2) is 0 Å². The summed E-state index contributed by atoms with van der Waals surface area (Å²) in [6.07, 6.45) is 5.35. The number of hydrogen-bond donors (Lipinski definition) is 0. The van der Waals surface area contributed by atoms with Crippen LogP contribution < -0.4 is 0 Å². The molecule has 14 heavy (non-hydrogen) atoms. The Balaban J connectivity index is 3.96. The van der Waals surface area contributed by atoms with Crippen molar-refractivity contribution in [3.8, 4) is 0 Å². The lowest BCUT2D eigenvalue weighted by molar-refractivity contribution is -0.132. The highest BCUT2D eigenvalue weighted by Crippen LogP contribution is 2.13. The highest BCUT2D eigenvalue weighted by Gasteiger charge is 2.20. The molecule has 0 bridgehead atoms. The summed E-state index contributed by atoms with van der Waals surface area (Å²) in [5.74, 6) is -0.141. The first-order valence-corrected chi connectivity index (χ1v) is 5.66. The van der Waals surface area contributed by atoms with E-state index >= 15 is 0 Å². The minimum Gasteiger partial charge on any atom is -0.299 e. The van der Waals surface area contributed by atoms with Gasteiger partial charge in [-0.2, -0.15) is 0 Å². The molecule has 0 radical (unpaired) electrons. The SMILES string of the molecule is CCCCCC(=O)C(CCC)C(C)=O. The van der Waals surface area contributed by atoms with E-state index in [1.54, 1.807) is 0 Å². The average Bonchev–Trinajstić information content (AvgIpc) is 2.13. The summed E-state index contributed by atoms with van der Waals surface area (Å²) < 4.78 is 0. The van der Waals surface area contributed by atoms with Crippen LogP contribution in [0.4, 0.5) is 0 Å². The van der Waals surface area contributed by atoms with Gasteiger partial charge < -0.3 is 0 Å². The fourth-order valence-electron chi connectivity index (χ4n) is 1.60. The maximum atomic E-state index is 11.6. The minimum absolute atomic E-state index is 0.0355. The smallest absolute Gasteiger partial charge is 0.143 e. The van der Waals surface area contributed by atoms with E-state index in [1.807, 2.05) is 6.92 Å². The Hall–Kier alpha value is -0.660. The summed E-state index contributed by atoms with van der Waals surface area (Å²) in [4.78, 5) is 22.8. The summed E-state index contributed by atoms with van der Waals surface area (Å²) in [6.45, 7) is 5.65. The van der Waals surface area contributed by atoms with Crippen LogP contribution in [0.5, 0.6) is 0 Å². The molecular formula is C12H22O2. The van der Waals surface area contributed by atoms with Crippen LogP contribution in [-0.2, 0) is 9.59 Å². The van der Waals surface area contributed by atoms with Crippen LogP contribution in [0.1, 0.15) is 59.3 Å². The molecule has 82 valence electrons. The van der Waals surface area contributed by atoms with E-state index in [0.717, 1.165) is 32.1 Å². The molecule has 1 atom stereocenters. The van der Waals surface area contributed by atoms with E-state index in [2.05, 4.69) is 6.92 Å². The Labute approximate surface area is 87.1 Å². The molecule has 0 aliphatic rings. The molecule has 0 heterocycles. The summed E-state index contributed by atoms with van der Waals surface area (Å²) in [5.41, 5.74) is 0. The van der Waals surface area contributed by atoms with E-state index < -0.39 is 0 Å². The summed E-state index contributed by atoms with van der Waals surface area (Å²) in [6, 6.07) is 0. The van der Waals surface area contributed by atoms with E-state index in [1.165, 1.54) is 6.92 Å². The third-order valence-electron chi connectivity index (χ3n) is 2.48. The Morgan fingerprint density at radius 2 is 1.71 bits per heavy atom. The van der Waals surface area contributed by atoms with Crippen LogP contribution >= 0.6 is 0 Å². The highest BCUT2D eigenvalue weighted by molar-refractivity contribution is 6.01. The maximum Gasteiger partial charge on any atom is 0.143 e. The molecule has 0 rings (SSSR count). The maximum absolute atomic E-state index is 11.6. The predicted octanol–water partition coefficient (Wildman–Crippen LogP) is 3.14. The molecule has 0 fully saturated rings. The largest absolute Gasteiger partial charge is 0.299 e. The molecule has 0 aromatic rings. The van der Waals surface area contributed by atoms with Crippen molar-refractivity contribution in [3.05, 3.63) is 0 Å². The van der Waals surface area contributed by atoms with Gasteiger partial charge in [0.1, 0.15) is 11.6 Å². The second-order valence-electron chi connectivity index (χ2n) is 3.88. The number of Topliss-reactive ketones (excluding diaryl/α,β-unsaturated/α-hetero) is 2. The van der Waals surface area contributed by atoms with Gasteiger partial charge in [0, 0.05) is 6.42 Å². The first kappa shape index (κ1) is 13.3. The number of unbranched alkanes of at least 4 members (excludes halogenated alkanes) is 2. The lowest BCUT2D eigenvalue weighted by Gasteiger charge is -2.10. The molecule has 0 saturated heterocycles. The quantitative estimate of drug-likeness (QED) is 0.443. The van der Waals surface area contributed by atoms with Crippen molar-refractivity contribution in [1.29, 1.82) is 0 Å². The van der Waals surface area contributed by atoms with Crippen LogP contribution in [0.15, 0.2) is 0 Å². The van der Waals surface area contributed by atoms with Crippen LogP contribution in [0.25, 0.3) is 0 Å². The van der Waals surface area contributed by atoms with Crippen molar-refractivity contribution in [2.45, 2.75) is 59.3 Å². The van der Waals surface area contributed by atoms with Gasteiger partial charge in [0.2, 0.25) is 0 Å². The lowest BCUT2D eigenvalue weighted by atomic mass is 9.92. The molecule has 0 amide bonds. The van der Waals surface area contributed by atoms with E-state index in [4.69, 9.17) is 0 Å². The van der Waals surface area contributed by atoms with Crippen molar-refractivity contribution >= 4 is 11.6 Å². The van der Waals surface area contributed by atoms with Gasteiger partial charge >= 0.3 is 0 Å². The second kappa shape index (κ2) is 7.72. The molecule has 0 aliphatic heterocycles. The number of carbonyl (C=O) groups is 2. The molecule has 0 aliphatic carbocycles. The molecular weight excluding hydrogens is 176 g/mol. The van der Waals surface area contributed by atoms with Gasteiger partial charge in [-0.15, -0.1) is 0 Å². The minimum atomic E-state index is -0.322. The number of ketones is 2. The van der Waals surface area contributed by atoms with Crippen LogP contribution in [0.3, 0.4) is 0 Å². The van der Waals surface area contributed by atoms with Gasteiger partial charge in [0.15, 0.2) is 0 Å². The monoisotopic (exact) mass is 198 g/mol. The molecule has 2 heteroatoms. The van der Waals surface area contributed by atoms with Gasteiger partial charge in [-0.3, -0.25) is 9.59 Å². The molecule has 0 aromatic carbocycles. The van der Waals surface area contributed by atoms with Gasteiger partial charge in [0.25, 0.3) is 0 Å². The zero-order chi connectivity index (χ0) is 11.0. The predicted molar refractivity (Wildman–Crippen MR) is 58.2 cm³/mol. The van der Waals surface area contributed by atoms with E-state index in [-0.39, 0.29) is 17.5 Å². The van der Waals surface area contributed by atoms with E-state index in [0.29, 0.717) is 6.42 Å². The zero-order valence-electron chi connectivity index (χ0n) is 9.64. The van der Waals surface area contributed by atoms with Crippen LogP contribution in [0.2, 0.25) is 0 Å². The third-order valence-corrected chi connectivity index (χ3v) is 2.48. The molecule has 0 spiro atoms. The molecule has 0 saturated carbocycles. The van der Waals surface area contributed by atoms with Gasteiger partial charge in [0.05, 0.1) is 5.92 Å². The first-order valence-electron chi connectivity index (χ1n) is 5.66. The van der Waals surface area contributed by atoms with E-state index in [9.17, 15) is 9.59 Å². The first-order chi connectivity index (χ1) is 6.63. The third kappa shape index (κ3) is 5.15. The summed E-state index contributed by atoms with van der Waals surface area (Å²) in [7, 11) is 0. The molecule has 2 nitrogen and oxygen atoms in total. The Bertz CT molecular complexity index is 185. The zero-order valence-corrected chi connectivity index (χ0v) is 9.64. The normalized spacial score (nSPS) is 12.5. The lowest BCUT2D eigenvalue weighted by Crippen LogP contribution is -2.21. The summed E-state index contributed by atoms with van der Waals surface area (Å²) in [5, 5.41) is 0. The fourth-order valence-corrected chi connectivity index (χ4v) is 1.60. The highest BCUT2D eigenvalue weighted by atomic mass is 16.1. The molecule has 0 N–H and O–H groups in total. The van der Waals surface area contributed by atoms with Crippen LogP contribution in [0, 0.1) is 5.92 Å².